The van der Waals surface area contributed by atoms with Gasteiger partial charge in [-0.3, -0.25) is 0 Å². The number of hydrogen-bond acceptors (Lipinski definition) is 6. The third-order valence-corrected chi connectivity index (χ3v) is 4.50. The molecule has 2 aromatic rings. The summed E-state index contributed by atoms with van der Waals surface area (Å²) >= 11 is 0. The van der Waals surface area contributed by atoms with Crippen molar-refractivity contribution in [2.24, 2.45) is 0 Å². The van der Waals surface area contributed by atoms with Gasteiger partial charge in [-0.2, -0.15) is 4.98 Å². The Labute approximate surface area is 136 Å². The molecular formula is C17H22N4O2. The van der Waals surface area contributed by atoms with E-state index in [4.69, 9.17) is 19.4 Å². The van der Waals surface area contributed by atoms with E-state index in [-0.39, 0.29) is 0 Å². The van der Waals surface area contributed by atoms with Crippen molar-refractivity contribution in [1.82, 2.24) is 9.97 Å². The summed E-state index contributed by atoms with van der Waals surface area (Å²) in [7, 11) is 0. The maximum absolute atomic E-state index is 5.49. The van der Waals surface area contributed by atoms with Gasteiger partial charge in [0.1, 0.15) is 5.82 Å². The van der Waals surface area contributed by atoms with Crippen LogP contribution in [0.5, 0.6) is 0 Å². The fourth-order valence-corrected chi connectivity index (χ4v) is 3.19. The molecule has 0 bridgehead atoms. The Kier molecular flexibility index (Phi) is 4.01. The normalized spacial score (nSPS) is 19.3. The molecule has 0 N–H and O–H groups in total. The zero-order valence-electron chi connectivity index (χ0n) is 13.5. The van der Waals surface area contributed by atoms with Gasteiger partial charge in [0.2, 0.25) is 5.95 Å². The van der Waals surface area contributed by atoms with Gasteiger partial charge in [0.25, 0.3) is 0 Å². The van der Waals surface area contributed by atoms with Crippen LogP contribution in [-0.4, -0.2) is 62.6 Å². The maximum atomic E-state index is 5.49. The number of morpholine rings is 2. The Morgan fingerprint density at radius 1 is 0.870 bits per heavy atom. The summed E-state index contributed by atoms with van der Waals surface area (Å²) in [5.41, 5.74) is 2.24. The molecule has 0 saturated carbocycles. The molecule has 0 atom stereocenters. The van der Waals surface area contributed by atoms with Gasteiger partial charge in [0.05, 0.1) is 31.9 Å². The summed E-state index contributed by atoms with van der Waals surface area (Å²) < 4.78 is 10.9. The smallest absolute Gasteiger partial charge is 0.228 e. The lowest BCUT2D eigenvalue weighted by Gasteiger charge is -2.31. The lowest BCUT2D eigenvalue weighted by Crippen LogP contribution is -2.39. The van der Waals surface area contributed by atoms with E-state index >= 15 is 0 Å². The number of anilines is 2. The van der Waals surface area contributed by atoms with Crippen LogP contribution in [0, 0.1) is 6.92 Å². The van der Waals surface area contributed by atoms with Crippen molar-refractivity contribution in [3.05, 3.63) is 23.8 Å². The summed E-state index contributed by atoms with van der Waals surface area (Å²) in [6.07, 6.45) is 0. The number of hydrogen-bond donors (Lipinski definition) is 0. The number of aromatic nitrogens is 2. The minimum Gasteiger partial charge on any atom is -0.378 e. The molecule has 6 heteroatoms. The molecule has 1 aromatic heterocycles. The predicted molar refractivity (Wildman–Crippen MR) is 90.3 cm³/mol. The molecule has 1 aromatic carbocycles. The van der Waals surface area contributed by atoms with Crippen molar-refractivity contribution in [3.63, 3.8) is 0 Å². The third-order valence-electron chi connectivity index (χ3n) is 4.50. The Hall–Kier alpha value is -1.92. The van der Waals surface area contributed by atoms with E-state index in [1.807, 2.05) is 0 Å². The Balaban J connectivity index is 1.82. The van der Waals surface area contributed by atoms with Crippen LogP contribution < -0.4 is 9.80 Å². The van der Waals surface area contributed by atoms with Crippen molar-refractivity contribution >= 4 is 22.7 Å². The molecule has 0 spiro atoms. The zero-order valence-corrected chi connectivity index (χ0v) is 13.5. The Morgan fingerprint density at radius 3 is 2.22 bits per heavy atom. The number of ether oxygens (including phenoxy) is 2. The molecule has 3 heterocycles. The average molecular weight is 314 g/mol. The fraction of sp³-hybridized carbons (Fsp3) is 0.529. The summed E-state index contributed by atoms with van der Waals surface area (Å²) in [5, 5.41) is 1.13. The van der Waals surface area contributed by atoms with Gasteiger partial charge in [0, 0.05) is 31.6 Å². The average Bonchev–Trinajstić information content (AvgIpc) is 2.63. The van der Waals surface area contributed by atoms with Crippen LogP contribution in [0.3, 0.4) is 0 Å². The molecule has 6 nitrogen and oxygen atoms in total. The molecule has 0 amide bonds. The van der Waals surface area contributed by atoms with Crippen LogP contribution >= 0.6 is 0 Å². The second-order valence-electron chi connectivity index (χ2n) is 6.02. The lowest BCUT2D eigenvalue weighted by molar-refractivity contribution is 0.121. The highest BCUT2D eigenvalue weighted by atomic mass is 16.5. The molecule has 122 valence electrons. The molecule has 0 radical (unpaired) electrons. The van der Waals surface area contributed by atoms with Crippen LogP contribution in [0.1, 0.15) is 5.56 Å². The minimum atomic E-state index is 0.738. The molecule has 23 heavy (non-hydrogen) atoms. The van der Waals surface area contributed by atoms with Crippen molar-refractivity contribution in [2.75, 3.05) is 62.4 Å². The van der Waals surface area contributed by atoms with Gasteiger partial charge in [-0.05, 0) is 18.6 Å². The molecule has 0 unspecified atom stereocenters. The van der Waals surface area contributed by atoms with Gasteiger partial charge < -0.3 is 19.3 Å². The first-order chi connectivity index (χ1) is 11.3. The van der Waals surface area contributed by atoms with Crippen LogP contribution in [0.2, 0.25) is 0 Å². The first kappa shape index (κ1) is 14.7. The molecule has 2 fully saturated rings. The van der Waals surface area contributed by atoms with E-state index in [1.54, 1.807) is 0 Å². The van der Waals surface area contributed by atoms with E-state index < -0.39 is 0 Å². The lowest BCUT2D eigenvalue weighted by atomic mass is 10.1. The topological polar surface area (TPSA) is 50.7 Å². The minimum absolute atomic E-state index is 0.738. The summed E-state index contributed by atoms with van der Waals surface area (Å²) in [6.45, 7) is 8.55. The number of benzene rings is 1. The fourth-order valence-electron chi connectivity index (χ4n) is 3.19. The van der Waals surface area contributed by atoms with Gasteiger partial charge in [-0.1, -0.05) is 12.1 Å². The maximum Gasteiger partial charge on any atom is 0.228 e. The Morgan fingerprint density at radius 2 is 1.52 bits per heavy atom. The molecule has 2 saturated heterocycles. The van der Waals surface area contributed by atoms with Crippen LogP contribution in [0.25, 0.3) is 10.9 Å². The summed E-state index contributed by atoms with van der Waals surface area (Å²) in [4.78, 5) is 14.3. The van der Waals surface area contributed by atoms with E-state index in [1.165, 1.54) is 5.56 Å². The largest absolute Gasteiger partial charge is 0.378 e. The summed E-state index contributed by atoms with van der Waals surface area (Å²) in [5.74, 6) is 1.85. The summed E-state index contributed by atoms with van der Waals surface area (Å²) in [6, 6.07) is 6.32. The Bertz CT molecular complexity index is 694. The van der Waals surface area contributed by atoms with Gasteiger partial charge in [0.15, 0.2) is 0 Å². The quantitative estimate of drug-likeness (QED) is 0.839. The highest BCUT2D eigenvalue weighted by molar-refractivity contribution is 5.92. The van der Waals surface area contributed by atoms with E-state index in [0.717, 1.165) is 75.3 Å². The number of fused-ring (bicyclic) bond motifs is 1. The van der Waals surface area contributed by atoms with Crippen LogP contribution in [0.4, 0.5) is 11.8 Å². The monoisotopic (exact) mass is 314 g/mol. The molecule has 0 aliphatic carbocycles. The third kappa shape index (κ3) is 2.84. The number of para-hydroxylation sites is 1. The van der Waals surface area contributed by atoms with E-state index in [2.05, 4.69) is 34.9 Å². The van der Waals surface area contributed by atoms with E-state index in [9.17, 15) is 0 Å². The van der Waals surface area contributed by atoms with Crippen molar-refractivity contribution in [3.8, 4) is 0 Å². The first-order valence-corrected chi connectivity index (χ1v) is 8.26. The zero-order chi connectivity index (χ0) is 15.6. The standard InChI is InChI=1S/C17H22N4O2/c1-13-3-2-4-14-15(13)18-17(21-7-11-23-12-8-21)19-16(14)20-5-9-22-10-6-20/h2-4H,5-12H2,1H3. The number of aryl methyl sites for hydroxylation is 1. The molecule has 2 aliphatic heterocycles. The molecule has 4 rings (SSSR count). The highest BCUT2D eigenvalue weighted by Gasteiger charge is 2.21. The van der Waals surface area contributed by atoms with Crippen molar-refractivity contribution in [1.29, 1.82) is 0 Å². The van der Waals surface area contributed by atoms with Gasteiger partial charge >= 0.3 is 0 Å². The van der Waals surface area contributed by atoms with Crippen LogP contribution in [-0.2, 0) is 9.47 Å². The SMILES string of the molecule is Cc1cccc2c(N3CCOCC3)nc(N3CCOCC3)nc12. The number of nitrogens with zero attached hydrogens (tertiary/aromatic N) is 4. The highest BCUT2D eigenvalue weighted by Crippen LogP contribution is 2.29. The second-order valence-corrected chi connectivity index (χ2v) is 6.02. The van der Waals surface area contributed by atoms with Gasteiger partial charge in [-0.25, -0.2) is 4.98 Å². The van der Waals surface area contributed by atoms with Crippen molar-refractivity contribution in [2.45, 2.75) is 6.92 Å². The van der Waals surface area contributed by atoms with Gasteiger partial charge in [-0.15, -0.1) is 0 Å². The molecule has 2 aliphatic rings. The molecular weight excluding hydrogens is 292 g/mol. The predicted octanol–water partition coefficient (Wildman–Crippen LogP) is 1.61. The van der Waals surface area contributed by atoms with E-state index in [0.29, 0.717) is 0 Å². The van der Waals surface area contributed by atoms with Crippen molar-refractivity contribution < 1.29 is 9.47 Å². The first-order valence-electron chi connectivity index (χ1n) is 8.26. The van der Waals surface area contributed by atoms with Crippen LogP contribution in [0.15, 0.2) is 18.2 Å². The number of rotatable bonds is 2. The second kappa shape index (κ2) is 6.29.